The van der Waals surface area contributed by atoms with Crippen LogP contribution in [0.1, 0.15) is 33.6 Å². The number of hydrogen-bond acceptors (Lipinski definition) is 2. The molecule has 2 aliphatic heterocycles. The maximum absolute atomic E-state index is 12.2. The third-order valence-corrected chi connectivity index (χ3v) is 4.35. The lowest BCUT2D eigenvalue weighted by molar-refractivity contribution is -0.131. The average Bonchev–Trinajstić information content (AvgIpc) is 2.95. The van der Waals surface area contributed by atoms with Crippen molar-refractivity contribution in [1.82, 2.24) is 9.80 Å². The van der Waals surface area contributed by atoms with Crippen LogP contribution in [-0.4, -0.2) is 41.2 Å². The van der Waals surface area contributed by atoms with Crippen LogP contribution >= 0.6 is 0 Å². The molecule has 4 nitrogen and oxygen atoms in total. The summed E-state index contributed by atoms with van der Waals surface area (Å²) in [5.41, 5.74) is 0.926. The van der Waals surface area contributed by atoms with Gasteiger partial charge in [-0.25, -0.2) is 0 Å². The van der Waals surface area contributed by atoms with Crippen molar-refractivity contribution in [2.45, 2.75) is 33.6 Å². The Hall–Kier alpha value is -1.58. The first-order valence-corrected chi connectivity index (χ1v) is 7.25. The first-order chi connectivity index (χ1) is 9.29. The Morgan fingerprint density at radius 3 is 2.60 bits per heavy atom. The zero-order valence-electron chi connectivity index (χ0n) is 12.7. The molecule has 0 radical (unpaired) electrons. The molecule has 0 spiro atoms. The van der Waals surface area contributed by atoms with Gasteiger partial charge in [-0.3, -0.25) is 9.59 Å². The van der Waals surface area contributed by atoms with Crippen LogP contribution < -0.4 is 0 Å². The summed E-state index contributed by atoms with van der Waals surface area (Å²) < 4.78 is 0. The molecule has 1 unspecified atom stereocenters. The molecular weight excluding hydrogens is 252 g/mol. The molecule has 0 bridgehead atoms. The number of likely N-dealkylation sites (tertiary alicyclic amines) is 1. The van der Waals surface area contributed by atoms with Crippen LogP contribution in [0.25, 0.3) is 0 Å². The normalized spacial score (nSPS) is 23.1. The molecule has 0 N–H and O–H groups in total. The summed E-state index contributed by atoms with van der Waals surface area (Å²) in [5, 5.41) is 0. The van der Waals surface area contributed by atoms with E-state index in [1.807, 2.05) is 4.90 Å². The van der Waals surface area contributed by atoms with Gasteiger partial charge in [-0.05, 0) is 23.8 Å². The van der Waals surface area contributed by atoms with Gasteiger partial charge in [0.05, 0.1) is 0 Å². The van der Waals surface area contributed by atoms with Crippen molar-refractivity contribution in [2.24, 2.45) is 11.3 Å². The van der Waals surface area contributed by atoms with Crippen LogP contribution in [0.15, 0.2) is 24.4 Å². The minimum absolute atomic E-state index is 0.0724. The smallest absolute Gasteiger partial charge is 0.251 e. The minimum Gasteiger partial charge on any atom is -0.342 e. The zero-order valence-corrected chi connectivity index (χ0v) is 12.7. The van der Waals surface area contributed by atoms with Crippen molar-refractivity contribution in [3.8, 4) is 0 Å². The summed E-state index contributed by atoms with van der Waals surface area (Å²) in [7, 11) is 0. The molecule has 1 atom stereocenters. The molecule has 0 aliphatic carbocycles. The Kier molecular flexibility index (Phi) is 4.02. The molecule has 0 saturated carbocycles. The maximum Gasteiger partial charge on any atom is 0.251 e. The first-order valence-electron chi connectivity index (χ1n) is 7.25. The zero-order chi connectivity index (χ0) is 14.9. The summed E-state index contributed by atoms with van der Waals surface area (Å²) in [6, 6.07) is 0. The number of nitrogens with zero attached hydrogens (tertiary/aromatic N) is 2. The predicted molar refractivity (Wildman–Crippen MR) is 78.8 cm³/mol. The summed E-state index contributed by atoms with van der Waals surface area (Å²) in [5.74, 6) is 0.637. The average molecular weight is 276 g/mol. The van der Waals surface area contributed by atoms with Gasteiger partial charge in [0.25, 0.3) is 5.91 Å². The monoisotopic (exact) mass is 276 g/mol. The van der Waals surface area contributed by atoms with Gasteiger partial charge in [-0.1, -0.05) is 27.4 Å². The summed E-state index contributed by atoms with van der Waals surface area (Å²) in [6.45, 7) is 12.6. The van der Waals surface area contributed by atoms with E-state index in [1.54, 1.807) is 11.0 Å². The Bertz CT molecular complexity index is 442. The highest BCUT2D eigenvalue weighted by molar-refractivity contribution is 5.93. The second kappa shape index (κ2) is 5.43. The molecular formula is C16H24N2O2. The Morgan fingerprint density at radius 1 is 1.40 bits per heavy atom. The largest absolute Gasteiger partial charge is 0.342 e. The Balaban J connectivity index is 1.82. The van der Waals surface area contributed by atoms with Gasteiger partial charge in [0, 0.05) is 37.8 Å². The van der Waals surface area contributed by atoms with E-state index in [-0.39, 0.29) is 17.2 Å². The van der Waals surface area contributed by atoms with Crippen LogP contribution in [0.3, 0.4) is 0 Å². The Morgan fingerprint density at radius 2 is 2.10 bits per heavy atom. The molecule has 110 valence electrons. The van der Waals surface area contributed by atoms with Gasteiger partial charge >= 0.3 is 0 Å². The van der Waals surface area contributed by atoms with Crippen LogP contribution in [0.5, 0.6) is 0 Å². The van der Waals surface area contributed by atoms with Crippen molar-refractivity contribution in [3.05, 3.63) is 24.4 Å². The lowest BCUT2D eigenvalue weighted by atomic mass is 9.80. The highest BCUT2D eigenvalue weighted by atomic mass is 16.2. The second-order valence-electron chi connectivity index (χ2n) is 6.76. The fourth-order valence-corrected chi connectivity index (χ4v) is 2.80. The van der Waals surface area contributed by atoms with Crippen molar-refractivity contribution < 1.29 is 9.59 Å². The van der Waals surface area contributed by atoms with E-state index < -0.39 is 0 Å². The van der Waals surface area contributed by atoms with Gasteiger partial charge in [0.1, 0.15) is 0 Å². The molecule has 2 heterocycles. The molecule has 0 aromatic rings. The van der Waals surface area contributed by atoms with Crippen LogP contribution in [0.2, 0.25) is 0 Å². The number of amides is 2. The topological polar surface area (TPSA) is 40.6 Å². The van der Waals surface area contributed by atoms with Crippen molar-refractivity contribution in [2.75, 3.05) is 19.6 Å². The first kappa shape index (κ1) is 14.8. The fourth-order valence-electron chi connectivity index (χ4n) is 2.80. The quantitative estimate of drug-likeness (QED) is 0.792. The molecule has 2 rings (SSSR count). The standard InChI is InChI=1S/C16H24N2O2/c1-12-5-6-15(20)18(12)10-8-14(19)17-9-7-13(11-17)16(2,3)4/h5-6,13H,1,7-11H2,2-4H3. The van der Waals surface area contributed by atoms with Crippen molar-refractivity contribution in [3.63, 3.8) is 0 Å². The highest BCUT2D eigenvalue weighted by Crippen LogP contribution is 2.33. The van der Waals surface area contributed by atoms with Crippen LogP contribution in [0, 0.1) is 11.3 Å². The molecule has 4 heteroatoms. The van der Waals surface area contributed by atoms with Gasteiger partial charge in [-0.15, -0.1) is 0 Å². The second-order valence-corrected chi connectivity index (χ2v) is 6.76. The van der Waals surface area contributed by atoms with Crippen LogP contribution in [-0.2, 0) is 9.59 Å². The van der Waals surface area contributed by atoms with E-state index in [0.717, 1.165) is 19.5 Å². The molecule has 0 aromatic heterocycles. The molecule has 20 heavy (non-hydrogen) atoms. The minimum atomic E-state index is -0.0724. The van der Waals surface area contributed by atoms with E-state index in [0.29, 0.717) is 24.6 Å². The molecule has 0 aromatic carbocycles. The van der Waals surface area contributed by atoms with E-state index in [1.165, 1.54) is 6.08 Å². The number of allylic oxidation sites excluding steroid dienone is 1. The lowest BCUT2D eigenvalue weighted by Crippen LogP contribution is -2.34. The van der Waals surface area contributed by atoms with E-state index >= 15 is 0 Å². The Labute approximate surface area is 121 Å². The molecule has 2 amide bonds. The predicted octanol–water partition coefficient (Wildman–Crippen LogP) is 2.18. The summed E-state index contributed by atoms with van der Waals surface area (Å²) in [6.07, 6.45) is 4.64. The van der Waals surface area contributed by atoms with Crippen LogP contribution in [0.4, 0.5) is 0 Å². The number of rotatable bonds is 3. The van der Waals surface area contributed by atoms with E-state index in [9.17, 15) is 9.59 Å². The number of carbonyl (C=O) groups is 2. The van der Waals surface area contributed by atoms with Gasteiger partial charge in [-0.2, -0.15) is 0 Å². The van der Waals surface area contributed by atoms with Gasteiger partial charge in [0.2, 0.25) is 5.91 Å². The lowest BCUT2D eigenvalue weighted by Gasteiger charge is -2.27. The summed E-state index contributed by atoms with van der Waals surface area (Å²) >= 11 is 0. The maximum atomic E-state index is 12.2. The fraction of sp³-hybridized carbons (Fsp3) is 0.625. The third kappa shape index (κ3) is 3.11. The SMILES string of the molecule is C=C1C=CC(=O)N1CCC(=O)N1CCC(C(C)(C)C)C1. The summed E-state index contributed by atoms with van der Waals surface area (Å²) in [4.78, 5) is 27.3. The molecule has 1 saturated heterocycles. The third-order valence-electron chi connectivity index (χ3n) is 4.35. The molecule has 2 aliphatic rings. The highest BCUT2D eigenvalue weighted by Gasteiger charge is 2.33. The van der Waals surface area contributed by atoms with Crippen molar-refractivity contribution in [1.29, 1.82) is 0 Å². The van der Waals surface area contributed by atoms with E-state index in [2.05, 4.69) is 27.4 Å². The number of carbonyl (C=O) groups excluding carboxylic acids is 2. The van der Waals surface area contributed by atoms with Crippen molar-refractivity contribution >= 4 is 11.8 Å². The van der Waals surface area contributed by atoms with Gasteiger partial charge in [0.15, 0.2) is 0 Å². The molecule has 1 fully saturated rings. The van der Waals surface area contributed by atoms with E-state index in [4.69, 9.17) is 0 Å². The van der Waals surface area contributed by atoms with Gasteiger partial charge < -0.3 is 9.80 Å². The number of hydrogen-bond donors (Lipinski definition) is 0.